The van der Waals surface area contributed by atoms with E-state index in [0.717, 1.165) is 69.9 Å². The van der Waals surface area contributed by atoms with Gasteiger partial charge in [0.05, 0.1) is 6.61 Å². The molecular formula is C21H36IN3O2. The minimum Gasteiger partial charge on any atom is -0.494 e. The number of rotatable bonds is 10. The van der Waals surface area contributed by atoms with Crippen molar-refractivity contribution in [2.24, 2.45) is 10.9 Å². The minimum atomic E-state index is 0. The third kappa shape index (κ3) is 10.2. The van der Waals surface area contributed by atoms with Crippen molar-refractivity contribution in [3.05, 3.63) is 30.3 Å². The van der Waals surface area contributed by atoms with E-state index in [1.807, 2.05) is 30.3 Å². The monoisotopic (exact) mass is 489 g/mol. The van der Waals surface area contributed by atoms with Crippen molar-refractivity contribution in [2.75, 3.05) is 46.5 Å². The molecule has 1 aromatic rings. The molecule has 1 fully saturated rings. The summed E-state index contributed by atoms with van der Waals surface area (Å²) in [6.45, 7) is 7.50. The number of para-hydroxylation sites is 1. The highest BCUT2D eigenvalue weighted by Gasteiger charge is 2.15. The Kier molecular flexibility index (Phi) is 13.3. The summed E-state index contributed by atoms with van der Waals surface area (Å²) < 4.78 is 11.2. The van der Waals surface area contributed by atoms with Gasteiger partial charge < -0.3 is 19.7 Å². The van der Waals surface area contributed by atoms with Crippen LogP contribution in [0.4, 0.5) is 0 Å². The van der Waals surface area contributed by atoms with Gasteiger partial charge in [0, 0.05) is 39.9 Å². The molecular weight excluding hydrogens is 453 g/mol. The molecule has 0 bridgehead atoms. The van der Waals surface area contributed by atoms with Gasteiger partial charge in [-0.2, -0.15) is 0 Å². The van der Waals surface area contributed by atoms with E-state index in [9.17, 15) is 0 Å². The largest absolute Gasteiger partial charge is 0.494 e. The van der Waals surface area contributed by atoms with Gasteiger partial charge in [-0.05, 0) is 57.1 Å². The van der Waals surface area contributed by atoms with Crippen LogP contribution in [0.2, 0.25) is 0 Å². The van der Waals surface area contributed by atoms with Crippen LogP contribution in [0.25, 0.3) is 0 Å². The first-order chi connectivity index (χ1) is 12.8. The Morgan fingerprint density at radius 3 is 2.67 bits per heavy atom. The van der Waals surface area contributed by atoms with Crippen LogP contribution >= 0.6 is 24.0 Å². The van der Waals surface area contributed by atoms with E-state index >= 15 is 0 Å². The number of guanidine groups is 1. The lowest BCUT2D eigenvalue weighted by molar-refractivity contribution is 0.0625. The van der Waals surface area contributed by atoms with E-state index in [-0.39, 0.29) is 24.0 Å². The van der Waals surface area contributed by atoms with Crippen LogP contribution in [0.1, 0.15) is 39.0 Å². The molecule has 0 atom stereocenters. The lowest BCUT2D eigenvalue weighted by Gasteiger charge is -2.26. The van der Waals surface area contributed by atoms with Crippen molar-refractivity contribution in [3.63, 3.8) is 0 Å². The molecule has 0 aliphatic carbocycles. The molecule has 0 saturated carbocycles. The second kappa shape index (κ2) is 15.0. The van der Waals surface area contributed by atoms with Crippen molar-refractivity contribution in [1.29, 1.82) is 0 Å². The van der Waals surface area contributed by atoms with Crippen LogP contribution in [-0.4, -0.2) is 57.4 Å². The fourth-order valence-electron chi connectivity index (χ4n) is 3.09. The summed E-state index contributed by atoms with van der Waals surface area (Å²) in [7, 11) is 2.14. The standard InChI is InChI=1S/C21H35N3O2.HI/c1-3-22-21(24(2)15-11-19-12-17-25-18-13-19)23-14-7-8-16-26-20-9-5-4-6-10-20;/h4-6,9-10,19H,3,7-8,11-18H2,1-2H3,(H,22,23);1H. The fourth-order valence-corrected chi connectivity index (χ4v) is 3.09. The van der Waals surface area contributed by atoms with Crippen LogP contribution in [0.5, 0.6) is 5.75 Å². The predicted molar refractivity (Wildman–Crippen MR) is 123 cm³/mol. The van der Waals surface area contributed by atoms with E-state index in [0.29, 0.717) is 0 Å². The van der Waals surface area contributed by atoms with Crippen LogP contribution in [0.15, 0.2) is 35.3 Å². The number of ether oxygens (including phenoxy) is 2. The minimum absolute atomic E-state index is 0. The number of aliphatic imine (C=N–C) groups is 1. The van der Waals surface area contributed by atoms with Crippen LogP contribution < -0.4 is 10.1 Å². The Labute approximate surface area is 181 Å². The first-order valence-corrected chi connectivity index (χ1v) is 10.0. The molecule has 6 heteroatoms. The van der Waals surface area contributed by atoms with Crippen molar-refractivity contribution >= 4 is 29.9 Å². The normalized spacial score (nSPS) is 15.1. The molecule has 0 amide bonds. The van der Waals surface area contributed by atoms with Gasteiger partial charge in [-0.3, -0.25) is 4.99 Å². The van der Waals surface area contributed by atoms with Gasteiger partial charge >= 0.3 is 0 Å². The van der Waals surface area contributed by atoms with Gasteiger partial charge in [0.2, 0.25) is 0 Å². The average Bonchev–Trinajstić information content (AvgIpc) is 2.69. The number of hydrogen-bond acceptors (Lipinski definition) is 3. The molecule has 0 radical (unpaired) electrons. The van der Waals surface area contributed by atoms with Gasteiger partial charge in [0.25, 0.3) is 0 Å². The van der Waals surface area contributed by atoms with E-state index in [2.05, 4.69) is 24.2 Å². The predicted octanol–water partition coefficient (Wildman–Crippen LogP) is 4.18. The van der Waals surface area contributed by atoms with Gasteiger partial charge in [-0.1, -0.05) is 18.2 Å². The summed E-state index contributed by atoms with van der Waals surface area (Å²) in [5.74, 6) is 2.75. The highest BCUT2D eigenvalue weighted by Crippen LogP contribution is 2.18. The summed E-state index contributed by atoms with van der Waals surface area (Å²) in [5.41, 5.74) is 0. The molecule has 1 heterocycles. The zero-order valence-corrected chi connectivity index (χ0v) is 19.2. The van der Waals surface area contributed by atoms with E-state index in [4.69, 9.17) is 14.5 Å². The molecule has 5 nitrogen and oxygen atoms in total. The molecule has 1 saturated heterocycles. The quantitative estimate of drug-likeness (QED) is 0.232. The van der Waals surface area contributed by atoms with Crippen molar-refractivity contribution in [2.45, 2.75) is 39.0 Å². The zero-order chi connectivity index (χ0) is 18.5. The Hall–Kier alpha value is -1.02. The molecule has 1 aromatic carbocycles. The van der Waals surface area contributed by atoms with Gasteiger partial charge in [-0.15, -0.1) is 24.0 Å². The van der Waals surface area contributed by atoms with Gasteiger partial charge in [0.1, 0.15) is 5.75 Å². The lowest BCUT2D eigenvalue weighted by atomic mass is 9.96. The molecule has 0 spiro atoms. The first kappa shape index (κ1) is 24.0. The van der Waals surface area contributed by atoms with Crippen molar-refractivity contribution < 1.29 is 9.47 Å². The summed E-state index contributed by atoms with van der Waals surface area (Å²) in [6, 6.07) is 9.99. The second-order valence-corrected chi connectivity index (χ2v) is 6.87. The summed E-state index contributed by atoms with van der Waals surface area (Å²) in [6.07, 6.45) is 5.67. The average molecular weight is 489 g/mol. The lowest BCUT2D eigenvalue weighted by Crippen LogP contribution is -2.40. The molecule has 2 rings (SSSR count). The van der Waals surface area contributed by atoms with Gasteiger partial charge in [-0.25, -0.2) is 0 Å². The molecule has 0 unspecified atom stereocenters. The van der Waals surface area contributed by atoms with E-state index in [1.54, 1.807) is 0 Å². The van der Waals surface area contributed by atoms with E-state index < -0.39 is 0 Å². The molecule has 1 N–H and O–H groups in total. The fraction of sp³-hybridized carbons (Fsp3) is 0.667. The van der Waals surface area contributed by atoms with Crippen LogP contribution in [0.3, 0.4) is 0 Å². The van der Waals surface area contributed by atoms with Crippen LogP contribution in [-0.2, 0) is 4.74 Å². The maximum absolute atomic E-state index is 5.73. The Bertz CT molecular complexity index is 507. The molecule has 154 valence electrons. The first-order valence-electron chi connectivity index (χ1n) is 10.0. The van der Waals surface area contributed by atoms with E-state index in [1.165, 1.54) is 19.3 Å². The van der Waals surface area contributed by atoms with Crippen LogP contribution in [0, 0.1) is 5.92 Å². The number of nitrogens with one attached hydrogen (secondary N) is 1. The smallest absolute Gasteiger partial charge is 0.193 e. The number of hydrogen-bond donors (Lipinski definition) is 1. The molecule has 0 aromatic heterocycles. The molecule has 1 aliphatic heterocycles. The maximum Gasteiger partial charge on any atom is 0.193 e. The number of benzene rings is 1. The second-order valence-electron chi connectivity index (χ2n) is 6.87. The zero-order valence-electron chi connectivity index (χ0n) is 16.9. The topological polar surface area (TPSA) is 46.1 Å². The number of halogens is 1. The Morgan fingerprint density at radius 1 is 1.22 bits per heavy atom. The highest BCUT2D eigenvalue weighted by atomic mass is 127. The summed E-state index contributed by atoms with van der Waals surface area (Å²) in [5, 5.41) is 3.41. The summed E-state index contributed by atoms with van der Waals surface area (Å²) >= 11 is 0. The third-order valence-corrected chi connectivity index (χ3v) is 4.74. The summed E-state index contributed by atoms with van der Waals surface area (Å²) in [4.78, 5) is 7.04. The SMILES string of the molecule is CCNC(=NCCCCOc1ccccc1)N(C)CCC1CCOCC1.I. The third-order valence-electron chi connectivity index (χ3n) is 4.74. The van der Waals surface area contributed by atoms with Gasteiger partial charge in [0.15, 0.2) is 5.96 Å². The molecule has 1 aliphatic rings. The molecule has 27 heavy (non-hydrogen) atoms. The Balaban J connectivity index is 0.00000364. The highest BCUT2D eigenvalue weighted by molar-refractivity contribution is 14.0. The maximum atomic E-state index is 5.73. The number of unbranched alkanes of at least 4 members (excludes halogenated alkanes) is 1. The Morgan fingerprint density at radius 2 is 1.96 bits per heavy atom. The van der Waals surface area contributed by atoms with Crippen molar-refractivity contribution in [1.82, 2.24) is 10.2 Å². The number of nitrogens with zero attached hydrogens (tertiary/aromatic N) is 2. The van der Waals surface area contributed by atoms with Crippen molar-refractivity contribution in [3.8, 4) is 5.75 Å².